The van der Waals surface area contributed by atoms with Crippen molar-refractivity contribution in [3.05, 3.63) is 58.1 Å². The number of amides is 2. The standard InChI is InChI=1S/C23H21Cl2F3N4O3/c1-35-14-4-5-16(15(24)10-14)31-7-6-30(11-19(31)33)22(34)21-20(25)17-8-13(12-2-3-12)9-18(23(26,27)28)32(17)29-21/h4-5,8-10,12,15-16H,2-3,6-7,11H2,1H3. The Morgan fingerprint density at radius 1 is 1.23 bits per heavy atom. The first kappa shape index (κ1) is 24.0. The molecule has 12 heteroatoms. The summed E-state index contributed by atoms with van der Waals surface area (Å²) in [6.45, 7) is 0.0872. The molecule has 2 aromatic heterocycles. The lowest BCUT2D eigenvalue weighted by atomic mass is 10.0. The molecular formula is C23H21Cl2F3N4O3. The Balaban J connectivity index is 1.39. The van der Waals surface area contributed by atoms with Crippen molar-refractivity contribution in [1.29, 1.82) is 0 Å². The van der Waals surface area contributed by atoms with Crippen LogP contribution in [0.2, 0.25) is 5.02 Å². The van der Waals surface area contributed by atoms with Crippen molar-refractivity contribution in [2.24, 2.45) is 0 Å². The molecule has 2 aromatic rings. The molecule has 7 nitrogen and oxygen atoms in total. The number of carbonyl (C=O) groups is 2. The van der Waals surface area contributed by atoms with Gasteiger partial charge in [-0.25, -0.2) is 4.52 Å². The van der Waals surface area contributed by atoms with Crippen LogP contribution in [0.4, 0.5) is 13.2 Å². The van der Waals surface area contributed by atoms with Gasteiger partial charge in [0, 0.05) is 13.1 Å². The lowest BCUT2D eigenvalue weighted by molar-refractivity contribution is -0.142. The van der Waals surface area contributed by atoms with Crippen molar-refractivity contribution in [1.82, 2.24) is 19.4 Å². The largest absolute Gasteiger partial charge is 0.497 e. The molecule has 0 spiro atoms. The van der Waals surface area contributed by atoms with E-state index in [1.54, 1.807) is 29.2 Å². The summed E-state index contributed by atoms with van der Waals surface area (Å²) >= 11 is 12.8. The number of ether oxygens (including phenoxy) is 1. The van der Waals surface area contributed by atoms with Crippen molar-refractivity contribution >= 4 is 40.5 Å². The van der Waals surface area contributed by atoms with Crippen LogP contribution >= 0.6 is 23.2 Å². The van der Waals surface area contributed by atoms with Crippen molar-refractivity contribution < 1.29 is 27.5 Å². The van der Waals surface area contributed by atoms with Gasteiger partial charge in [0.1, 0.15) is 18.0 Å². The molecule has 1 saturated carbocycles. The summed E-state index contributed by atoms with van der Waals surface area (Å²) in [6, 6.07) is 2.21. The Kier molecular flexibility index (Phi) is 5.99. The van der Waals surface area contributed by atoms with Gasteiger partial charge in [-0.1, -0.05) is 17.7 Å². The summed E-state index contributed by atoms with van der Waals surface area (Å²) in [7, 11) is 1.52. The number of alkyl halides is 4. The first-order valence-electron chi connectivity index (χ1n) is 11.0. The van der Waals surface area contributed by atoms with Gasteiger partial charge in [0.2, 0.25) is 5.91 Å². The lowest BCUT2D eigenvalue weighted by Crippen LogP contribution is -2.57. The minimum absolute atomic E-state index is 0.0229. The van der Waals surface area contributed by atoms with Crippen LogP contribution in [-0.2, 0) is 15.7 Å². The van der Waals surface area contributed by atoms with Gasteiger partial charge in [-0.2, -0.15) is 18.3 Å². The van der Waals surface area contributed by atoms with E-state index in [0.717, 1.165) is 18.9 Å². The number of nitrogens with zero attached hydrogens (tertiary/aromatic N) is 4. The van der Waals surface area contributed by atoms with E-state index in [9.17, 15) is 22.8 Å². The zero-order chi connectivity index (χ0) is 25.1. The predicted molar refractivity (Wildman–Crippen MR) is 122 cm³/mol. The van der Waals surface area contributed by atoms with Gasteiger partial charge in [0.15, 0.2) is 5.69 Å². The third kappa shape index (κ3) is 4.38. The molecule has 2 amide bonds. The summed E-state index contributed by atoms with van der Waals surface area (Å²) in [5.74, 6) is -0.402. The SMILES string of the molecule is COC1=CC(Cl)C(N2CCN(C(=O)c3nn4c(C(F)(F)F)cc(C5CC5)cc4c3Cl)CC2=O)C=C1. The van der Waals surface area contributed by atoms with E-state index >= 15 is 0 Å². The Morgan fingerprint density at radius 2 is 1.97 bits per heavy atom. The molecule has 2 aliphatic carbocycles. The van der Waals surface area contributed by atoms with Gasteiger partial charge in [-0.15, -0.1) is 11.6 Å². The second kappa shape index (κ2) is 8.74. The fourth-order valence-electron chi connectivity index (χ4n) is 4.48. The number of carbonyl (C=O) groups excluding carboxylic acids is 2. The lowest BCUT2D eigenvalue weighted by Gasteiger charge is -2.39. The average Bonchev–Trinajstić information content (AvgIpc) is 3.61. The molecular weight excluding hydrogens is 508 g/mol. The summed E-state index contributed by atoms with van der Waals surface area (Å²) in [5, 5.41) is 3.27. The van der Waals surface area contributed by atoms with Crippen LogP contribution in [0.5, 0.6) is 0 Å². The molecule has 1 aliphatic heterocycles. The van der Waals surface area contributed by atoms with E-state index < -0.39 is 29.2 Å². The Bertz CT molecular complexity index is 1270. The normalized spacial score (nSPS) is 23.1. The third-order valence-corrected chi connectivity index (χ3v) is 7.24. The molecule has 0 radical (unpaired) electrons. The monoisotopic (exact) mass is 528 g/mol. The number of aromatic nitrogens is 2. The molecule has 3 aliphatic rings. The molecule has 5 rings (SSSR count). The maximum absolute atomic E-state index is 13.8. The molecule has 0 aromatic carbocycles. The average molecular weight is 529 g/mol. The maximum Gasteiger partial charge on any atom is 0.433 e. The van der Waals surface area contributed by atoms with Gasteiger partial charge in [0.25, 0.3) is 5.91 Å². The van der Waals surface area contributed by atoms with Crippen molar-refractivity contribution in [3.8, 4) is 0 Å². The van der Waals surface area contributed by atoms with Crippen LogP contribution < -0.4 is 0 Å². The molecule has 186 valence electrons. The number of hydrogen-bond acceptors (Lipinski definition) is 4. The highest BCUT2D eigenvalue weighted by Gasteiger charge is 2.39. The zero-order valence-corrected chi connectivity index (χ0v) is 20.1. The quantitative estimate of drug-likeness (QED) is 0.556. The first-order chi connectivity index (χ1) is 16.6. The molecule has 2 atom stereocenters. The molecule has 2 unspecified atom stereocenters. The summed E-state index contributed by atoms with van der Waals surface area (Å²) in [5.41, 5.74) is -0.752. The number of rotatable bonds is 4. The van der Waals surface area contributed by atoms with E-state index in [0.29, 0.717) is 15.8 Å². The summed E-state index contributed by atoms with van der Waals surface area (Å²) in [4.78, 5) is 28.9. The van der Waals surface area contributed by atoms with Crippen LogP contribution in [0.25, 0.3) is 5.52 Å². The minimum Gasteiger partial charge on any atom is -0.497 e. The number of methoxy groups -OCH3 is 1. The second-order valence-electron chi connectivity index (χ2n) is 8.79. The van der Waals surface area contributed by atoms with Gasteiger partial charge >= 0.3 is 6.18 Å². The Labute approximate surface area is 208 Å². The summed E-state index contributed by atoms with van der Waals surface area (Å²) in [6.07, 6.45) is 2.11. The summed E-state index contributed by atoms with van der Waals surface area (Å²) < 4.78 is 47.1. The number of halogens is 5. The highest BCUT2D eigenvalue weighted by Crippen LogP contribution is 2.43. The fourth-order valence-corrected chi connectivity index (χ4v) is 5.07. The molecule has 2 fully saturated rings. The number of pyridine rings is 1. The first-order valence-corrected chi connectivity index (χ1v) is 11.9. The molecule has 1 saturated heterocycles. The van der Waals surface area contributed by atoms with Gasteiger partial charge in [-0.3, -0.25) is 9.59 Å². The third-order valence-electron chi connectivity index (χ3n) is 6.49. The van der Waals surface area contributed by atoms with Crippen molar-refractivity contribution in [3.63, 3.8) is 0 Å². The van der Waals surface area contributed by atoms with Crippen LogP contribution in [-0.4, -0.2) is 69.4 Å². The van der Waals surface area contributed by atoms with E-state index in [-0.39, 0.29) is 47.7 Å². The fraction of sp³-hybridized carbons (Fsp3) is 0.435. The number of fused-ring (bicyclic) bond motifs is 1. The van der Waals surface area contributed by atoms with Crippen LogP contribution in [0, 0.1) is 0 Å². The number of piperazine rings is 1. The van der Waals surface area contributed by atoms with Crippen LogP contribution in [0.3, 0.4) is 0 Å². The number of allylic oxidation sites excluding steroid dienone is 1. The predicted octanol–water partition coefficient (Wildman–Crippen LogP) is 4.24. The topological polar surface area (TPSA) is 67.2 Å². The van der Waals surface area contributed by atoms with Crippen molar-refractivity contribution in [2.75, 3.05) is 26.7 Å². The Morgan fingerprint density at radius 3 is 2.57 bits per heavy atom. The van der Waals surface area contributed by atoms with Gasteiger partial charge in [0.05, 0.1) is 29.1 Å². The molecule has 0 N–H and O–H groups in total. The Hall–Kier alpha value is -2.72. The smallest absolute Gasteiger partial charge is 0.433 e. The number of hydrogen-bond donors (Lipinski definition) is 0. The van der Waals surface area contributed by atoms with Gasteiger partial charge in [-0.05, 0) is 48.6 Å². The van der Waals surface area contributed by atoms with Gasteiger partial charge < -0.3 is 14.5 Å². The maximum atomic E-state index is 13.8. The van der Waals surface area contributed by atoms with E-state index in [2.05, 4.69) is 5.10 Å². The highest BCUT2D eigenvalue weighted by atomic mass is 35.5. The molecule has 3 heterocycles. The molecule has 0 bridgehead atoms. The highest BCUT2D eigenvalue weighted by molar-refractivity contribution is 6.36. The zero-order valence-electron chi connectivity index (χ0n) is 18.6. The minimum atomic E-state index is -4.68. The van der Waals surface area contributed by atoms with Crippen LogP contribution in [0.15, 0.2) is 36.1 Å². The van der Waals surface area contributed by atoms with E-state index in [4.69, 9.17) is 27.9 Å². The molecule has 35 heavy (non-hydrogen) atoms. The van der Waals surface area contributed by atoms with Crippen molar-refractivity contribution in [2.45, 2.75) is 36.4 Å². The van der Waals surface area contributed by atoms with Crippen LogP contribution in [0.1, 0.15) is 40.5 Å². The van der Waals surface area contributed by atoms with E-state index in [1.807, 2.05) is 0 Å². The van der Waals surface area contributed by atoms with E-state index in [1.165, 1.54) is 12.0 Å². The second-order valence-corrected chi connectivity index (χ2v) is 9.67.